The molecule has 0 bridgehead atoms. The molecule has 0 N–H and O–H groups in total. The molecule has 1 radical (unpaired) electrons. The molecule has 0 aromatic rings. The Kier molecular flexibility index (Phi) is 10.5. The van der Waals surface area contributed by atoms with Crippen molar-refractivity contribution in [2.24, 2.45) is 0 Å². The van der Waals surface area contributed by atoms with Gasteiger partial charge < -0.3 is 4.74 Å². The summed E-state index contributed by atoms with van der Waals surface area (Å²) in [5.41, 5.74) is 0. The second-order valence-electron chi connectivity index (χ2n) is 3.91. The monoisotopic (exact) mass is 197 g/mol. The quantitative estimate of drug-likeness (QED) is 0.478. The van der Waals surface area contributed by atoms with E-state index in [2.05, 4.69) is 13.8 Å². The molecule has 0 spiro atoms. The van der Waals surface area contributed by atoms with E-state index in [1.807, 2.05) is 0 Å². The molecule has 1 unspecified atom stereocenters. The standard InChI is InChI=1S/C13H25O/c1-4-6-8-9-11-13(3)14-12-10-7-5-2/h1,4,13H,5-12H2,2-3H3. The van der Waals surface area contributed by atoms with Crippen LogP contribution in [0.15, 0.2) is 6.08 Å². The maximum absolute atomic E-state index is 5.68. The van der Waals surface area contributed by atoms with Crippen molar-refractivity contribution < 1.29 is 4.74 Å². The molecule has 0 aliphatic heterocycles. The third-order valence-electron chi connectivity index (χ3n) is 2.38. The number of hydrogen-bond donors (Lipinski definition) is 0. The van der Waals surface area contributed by atoms with Crippen molar-refractivity contribution in [1.29, 1.82) is 0 Å². The second kappa shape index (κ2) is 10.8. The van der Waals surface area contributed by atoms with Crippen LogP contribution in [0.3, 0.4) is 0 Å². The first-order chi connectivity index (χ1) is 6.81. The van der Waals surface area contributed by atoms with Crippen molar-refractivity contribution in [3.8, 4) is 0 Å². The molecule has 0 fully saturated rings. The largest absolute Gasteiger partial charge is 0.379 e. The summed E-state index contributed by atoms with van der Waals surface area (Å²) in [6, 6.07) is 0. The lowest BCUT2D eigenvalue weighted by atomic mass is 10.1. The number of rotatable bonds is 10. The van der Waals surface area contributed by atoms with Crippen molar-refractivity contribution in [2.75, 3.05) is 6.61 Å². The first-order valence-corrected chi connectivity index (χ1v) is 5.96. The van der Waals surface area contributed by atoms with E-state index in [0.29, 0.717) is 6.10 Å². The molecule has 0 saturated carbocycles. The minimum absolute atomic E-state index is 0.421. The van der Waals surface area contributed by atoms with Gasteiger partial charge >= 0.3 is 0 Å². The molecule has 0 amide bonds. The summed E-state index contributed by atoms with van der Waals surface area (Å²) in [5, 5.41) is 0. The van der Waals surface area contributed by atoms with Gasteiger partial charge in [-0.2, -0.15) is 0 Å². The molecular formula is C13H25O. The van der Waals surface area contributed by atoms with Crippen LogP contribution in [0, 0.1) is 6.58 Å². The number of hydrogen-bond acceptors (Lipinski definition) is 1. The minimum atomic E-state index is 0.421. The lowest BCUT2D eigenvalue weighted by molar-refractivity contribution is 0.0561. The normalized spacial score (nSPS) is 12.7. The van der Waals surface area contributed by atoms with Gasteiger partial charge in [-0.15, -0.1) is 0 Å². The van der Waals surface area contributed by atoms with E-state index < -0.39 is 0 Å². The predicted molar refractivity (Wildman–Crippen MR) is 62.3 cm³/mol. The lowest BCUT2D eigenvalue weighted by Crippen LogP contribution is -2.08. The van der Waals surface area contributed by atoms with Crippen LogP contribution in [0.5, 0.6) is 0 Å². The smallest absolute Gasteiger partial charge is 0.0547 e. The van der Waals surface area contributed by atoms with Crippen LogP contribution in [0.1, 0.15) is 58.8 Å². The highest BCUT2D eigenvalue weighted by Gasteiger charge is 2.00. The Morgan fingerprint density at radius 3 is 2.64 bits per heavy atom. The Morgan fingerprint density at radius 2 is 2.00 bits per heavy atom. The van der Waals surface area contributed by atoms with Crippen molar-refractivity contribution in [3.63, 3.8) is 0 Å². The summed E-state index contributed by atoms with van der Waals surface area (Å²) in [5.74, 6) is 0. The van der Waals surface area contributed by atoms with E-state index in [1.54, 1.807) is 6.08 Å². The van der Waals surface area contributed by atoms with Crippen LogP contribution in [-0.4, -0.2) is 12.7 Å². The average molecular weight is 197 g/mol. The Balaban J connectivity index is 3.10. The molecule has 0 aliphatic rings. The van der Waals surface area contributed by atoms with Gasteiger partial charge in [0.15, 0.2) is 0 Å². The van der Waals surface area contributed by atoms with Gasteiger partial charge in [-0.25, -0.2) is 0 Å². The Morgan fingerprint density at radius 1 is 1.21 bits per heavy atom. The number of ether oxygens (including phenoxy) is 1. The highest BCUT2D eigenvalue weighted by atomic mass is 16.5. The van der Waals surface area contributed by atoms with Gasteiger partial charge in [-0.05, 0) is 32.6 Å². The van der Waals surface area contributed by atoms with Gasteiger partial charge in [0.05, 0.1) is 6.10 Å². The Hall–Kier alpha value is -0.300. The first-order valence-electron chi connectivity index (χ1n) is 5.96. The molecule has 14 heavy (non-hydrogen) atoms. The first kappa shape index (κ1) is 13.7. The summed E-state index contributed by atoms with van der Waals surface area (Å²) in [6.07, 6.45) is 10.5. The SMILES string of the molecule is [CH]=CCCCCC(C)OCCCCC. The van der Waals surface area contributed by atoms with E-state index in [0.717, 1.165) is 13.0 Å². The highest BCUT2D eigenvalue weighted by molar-refractivity contribution is 4.62. The molecular weight excluding hydrogens is 172 g/mol. The Bertz CT molecular complexity index is 120. The van der Waals surface area contributed by atoms with E-state index in [9.17, 15) is 0 Å². The van der Waals surface area contributed by atoms with Gasteiger partial charge in [0, 0.05) is 6.61 Å². The zero-order valence-corrected chi connectivity index (χ0v) is 9.80. The van der Waals surface area contributed by atoms with Gasteiger partial charge in [0.2, 0.25) is 0 Å². The molecule has 1 heteroatoms. The molecule has 0 aromatic carbocycles. The summed E-state index contributed by atoms with van der Waals surface area (Å²) >= 11 is 0. The van der Waals surface area contributed by atoms with Gasteiger partial charge in [-0.3, -0.25) is 0 Å². The molecule has 0 aromatic heterocycles. The molecule has 1 atom stereocenters. The fourth-order valence-electron chi connectivity index (χ4n) is 1.41. The van der Waals surface area contributed by atoms with Gasteiger partial charge in [0.1, 0.15) is 0 Å². The van der Waals surface area contributed by atoms with Crippen molar-refractivity contribution in [1.82, 2.24) is 0 Å². The maximum atomic E-state index is 5.68. The van der Waals surface area contributed by atoms with Crippen molar-refractivity contribution >= 4 is 0 Å². The van der Waals surface area contributed by atoms with E-state index >= 15 is 0 Å². The summed E-state index contributed by atoms with van der Waals surface area (Å²) < 4.78 is 5.68. The zero-order valence-electron chi connectivity index (χ0n) is 9.80. The fraction of sp³-hybridized carbons (Fsp3) is 0.846. The minimum Gasteiger partial charge on any atom is -0.379 e. The van der Waals surface area contributed by atoms with Crippen LogP contribution >= 0.6 is 0 Å². The third-order valence-corrected chi connectivity index (χ3v) is 2.38. The summed E-state index contributed by atoms with van der Waals surface area (Å²) in [6.45, 7) is 10.6. The van der Waals surface area contributed by atoms with Crippen LogP contribution in [0.4, 0.5) is 0 Å². The number of unbranched alkanes of at least 4 members (excludes halogenated alkanes) is 4. The molecule has 83 valence electrons. The van der Waals surface area contributed by atoms with Crippen molar-refractivity contribution in [3.05, 3.63) is 12.7 Å². The van der Waals surface area contributed by atoms with Gasteiger partial charge in [0.25, 0.3) is 0 Å². The van der Waals surface area contributed by atoms with Gasteiger partial charge in [-0.1, -0.05) is 38.8 Å². The maximum Gasteiger partial charge on any atom is 0.0547 e. The fourth-order valence-corrected chi connectivity index (χ4v) is 1.41. The molecule has 0 rings (SSSR count). The third kappa shape index (κ3) is 9.79. The van der Waals surface area contributed by atoms with Crippen LogP contribution < -0.4 is 0 Å². The van der Waals surface area contributed by atoms with Crippen molar-refractivity contribution in [2.45, 2.75) is 64.9 Å². The molecule has 1 nitrogen and oxygen atoms in total. The molecule has 0 saturated heterocycles. The van der Waals surface area contributed by atoms with Crippen LogP contribution in [0.2, 0.25) is 0 Å². The van der Waals surface area contributed by atoms with Crippen LogP contribution in [-0.2, 0) is 4.74 Å². The molecule has 0 heterocycles. The highest BCUT2D eigenvalue weighted by Crippen LogP contribution is 2.07. The Labute approximate surface area is 89.5 Å². The number of allylic oxidation sites excluding steroid dienone is 1. The summed E-state index contributed by atoms with van der Waals surface area (Å²) in [4.78, 5) is 0. The topological polar surface area (TPSA) is 9.23 Å². The van der Waals surface area contributed by atoms with Crippen LogP contribution in [0.25, 0.3) is 0 Å². The molecule has 0 aliphatic carbocycles. The average Bonchev–Trinajstić information content (AvgIpc) is 2.19. The second-order valence-corrected chi connectivity index (χ2v) is 3.91. The van der Waals surface area contributed by atoms with E-state index in [1.165, 1.54) is 38.5 Å². The lowest BCUT2D eigenvalue weighted by Gasteiger charge is -2.12. The van der Waals surface area contributed by atoms with E-state index in [4.69, 9.17) is 11.3 Å². The zero-order chi connectivity index (χ0) is 10.6. The summed E-state index contributed by atoms with van der Waals surface area (Å²) in [7, 11) is 0. The van der Waals surface area contributed by atoms with E-state index in [-0.39, 0.29) is 0 Å². The predicted octanol–water partition coefficient (Wildman–Crippen LogP) is 4.13.